The first-order valence-corrected chi connectivity index (χ1v) is 37.2. The number of carbonyl (C=O) groups is 5. The number of carbonyl (C=O) groups excluding carboxylic acids is 5. The highest BCUT2D eigenvalue weighted by Crippen LogP contribution is 2.34. The highest BCUT2D eigenvalue weighted by atomic mass is 19.1. The maximum absolute atomic E-state index is 15.1. The molecule has 6 aromatic carbocycles. The minimum atomic E-state index is -0.430. The van der Waals surface area contributed by atoms with Crippen molar-refractivity contribution in [2.75, 3.05) is 48.1 Å². The first-order chi connectivity index (χ1) is 54.2. The van der Waals surface area contributed by atoms with Crippen molar-refractivity contribution < 1.29 is 42.2 Å². The van der Waals surface area contributed by atoms with Gasteiger partial charge in [-0.15, -0.1) is 0 Å². The molecule has 14 rings (SSSR count). The molecular formula is C84H88F2N18O7. The van der Waals surface area contributed by atoms with E-state index in [4.69, 9.17) is 25.2 Å². The quantitative estimate of drug-likeness (QED) is 0.0234. The third-order valence-corrected chi connectivity index (χ3v) is 19.2. The summed E-state index contributed by atoms with van der Waals surface area (Å²) in [6, 6.07) is 40.7. The second-order valence-corrected chi connectivity index (χ2v) is 26.5. The number of benzene rings is 6. The number of nitrogens with one attached hydrogen (secondary N) is 7. The summed E-state index contributed by atoms with van der Waals surface area (Å²) in [4.78, 5) is 90.0. The van der Waals surface area contributed by atoms with Crippen molar-refractivity contribution in [2.24, 2.45) is 0 Å². The van der Waals surface area contributed by atoms with Crippen LogP contribution in [0, 0.1) is 11.6 Å². The van der Waals surface area contributed by atoms with Gasteiger partial charge in [-0.2, -0.15) is 10.2 Å². The molecule has 8 heterocycles. The van der Waals surface area contributed by atoms with Gasteiger partial charge in [0.2, 0.25) is 0 Å². The van der Waals surface area contributed by atoms with Gasteiger partial charge in [-0.1, -0.05) is 74.5 Å². The van der Waals surface area contributed by atoms with Crippen LogP contribution in [0.2, 0.25) is 0 Å². The van der Waals surface area contributed by atoms with Crippen LogP contribution in [0.3, 0.4) is 0 Å². The first kappa shape index (κ1) is 77.9. The van der Waals surface area contributed by atoms with E-state index in [-0.39, 0.29) is 67.7 Å². The van der Waals surface area contributed by atoms with E-state index in [0.717, 1.165) is 98.3 Å². The van der Waals surface area contributed by atoms with E-state index in [9.17, 15) is 28.4 Å². The summed E-state index contributed by atoms with van der Waals surface area (Å²) in [7, 11) is 0. The second kappa shape index (κ2) is 37.9. The van der Waals surface area contributed by atoms with E-state index in [2.05, 4.69) is 74.3 Å². The van der Waals surface area contributed by atoms with Crippen LogP contribution in [0.15, 0.2) is 183 Å². The summed E-state index contributed by atoms with van der Waals surface area (Å²) in [5.41, 5.74) is 18.5. The fraction of sp³-hybridized carbons (Fsp3) is 0.274. The fourth-order valence-corrected chi connectivity index (χ4v) is 13.2. The summed E-state index contributed by atoms with van der Waals surface area (Å²) in [5.74, 6) is -0.940. The summed E-state index contributed by atoms with van der Waals surface area (Å²) < 4.78 is 44.7. The SMILES string of the molecule is CCc1nc2c(cnn2CC)c(NC2CCOCC2)c1CNC(=O)c1cccc(C(=O)NCc2ccc(F)c(-c3cccc(C=O)c3)c2)c1.CCc1nc2c(cnn2CC)c(NC2CCOCC2)c1CNC(=O)c1cccc(C(=O)NCc2ccc(F)c(-c3cccc(CNc4ccncn4)c3)c2)c1.Nc1ccncn1. The summed E-state index contributed by atoms with van der Waals surface area (Å²) in [6.45, 7) is 13.6. The maximum atomic E-state index is 15.1. The Morgan fingerprint density at radius 2 is 0.946 bits per heavy atom. The number of amides is 4. The predicted molar refractivity (Wildman–Crippen MR) is 423 cm³/mol. The number of nitrogen functional groups attached to an aromatic ring is 1. The molecule has 0 atom stereocenters. The minimum absolute atomic E-state index is 0.142. The molecule has 25 nitrogen and oxygen atoms in total. The number of halogens is 2. The van der Waals surface area contributed by atoms with Gasteiger partial charge in [0, 0.05) is 158 Å². The number of aromatic nitrogens is 10. The van der Waals surface area contributed by atoms with Gasteiger partial charge in [0.15, 0.2) is 11.3 Å². The molecule has 0 radical (unpaired) electrons. The molecule has 4 amide bonds. The monoisotopic (exact) mass is 1500 g/mol. The Morgan fingerprint density at radius 1 is 0.505 bits per heavy atom. The van der Waals surface area contributed by atoms with Crippen LogP contribution in [-0.4, -0.2) is 118 Å². The van der Waals surface area contributed by atoms with Crippen LogP contribution in [0.4, 0.5) is 31.8 Å². The normalized spacial score (nSPS) is 12.9. The Bertz CT molecular complexity index is 5250. The lowest BCUT2D eigenvalue weighted by atomic mass is 10.00. The lowest BCUT2D eigenvalue weighted by molar-refractivity contribution is 0.0903. The molecule has 2 saturated heterocycles. The van der Waals surface area contributed by atoms with Gasteiger partial charge < -0.3 is 52.4 Å². The van der Waals surface area contributed by atoms with Crippen LogP contribution < -0.4 is 43.0 Å². The zero-order chi connectivity index (χ0) is 77.6. The molecule has 9 N–H and O–H groups in total. The van der Waals surface area contributed by atoms with Crippen molar-refractivity contribution >= 4 is 75.0 Å². The number of nitrogens with zero attached hydrogens (tertiary/aromatic N) is 10. The van der Waals surface area contributed by atoms with Gasteiger partial charge >= 0.3 is 0 Å². The molecule has 0 aliphatic carbocycles. The van der Waals surface area contributed by atoms with Crippen molar-refractivity contribution in [3.05, 3.63) is 262 Å². The number of rotatable bonds is 26. The summed E-state index contributed by atoms with van der Waals surface area (Å²) in [5, 5.41) is 33.6. The molecule has 0 bridgehead atoms. The van der Waals surface area contributed by atoms with Crippen LogP contribution in [0.25, 0.3) is 44.3 Å². The van der Waals surface area contributed by atoms with E-state index in [1.54, 1.807) is 122 Å². The van der Waals surface area contributed by atoms with Crippen molar-refractivity contribution in [1.82, 2.24) is 70.7 Å². The largest absolute Gasteiger partial charge is 0.384 e. The van der Waals surface area contributed by atoms with Crippen LogP contribution in [0.1, 0.15) is 144 Å². The minimum Gasteiger partial charge on any atom is -0.384 e. The lowest BCUT2D eigenvalue weighted by Crippen LogP contribution is -2.30. The van der Waals surface area contributed by atoms with Crippen molar-refractivity contribution in [2.45, 2.75) is 124 Å². The number of aldehydes is 1. The number of ether oxygens (including phenoxy) is 2. The fourth-order valence-electron chi connectivity index (χ4n) is 13.2. The average molecular weight is 1500 g/mol. The van der Waals surface area contributed by atoms with Crippen LogP contribution >= 0.6 is 0 Å². The van der Waals surface area contributed by atoms with Crippen molar-refractivity contribution in [3.8, 4) is 22.3 Å². The lowest BCUT2D eigenvalue weighted by Gasteiger charge is -2.26. The zero-order valence-electron chi connectivity index (χ0n) is 62.2. The van der Waals surface area contributed by atoms with Gasteiger partial charge in [0.05, 0.1) is 34.5 Å². The summed E-state index contributed by atoms with van der Waals surface area (Å²) >= 11 is 0. The van der Waals surface area contributed by atoms with E-state index in [1.807, 2.05) is 66.8 Å². The van der Waals surface area contributed by atoms with Crippen molar-refractivity contribution in [3.63, 3.8) is 0 Å². The Balaban J connectivity index is 0.000000190. The third-order valence-electron chi connectivity index (χ3n) is 19.2. The Kier molecular flexibility index (Phi) is 26.6. The van der Waals surface area contributed by atoms with Gasteiger partial charge in [-0.05, 0) is 165 Å². The van der Waals surface area contributed by atoms with Crippen LogP contribution in [0.5, 0.6) is 0 Å². The Hall–Kier alpha value is -12.8. The molecule has 12 aromatic rings. The van der Waals surface area contributed by atoms with Gasteiger partial charge in [0.25, 0.3) is 23.6 Å². The number of pyridine rings is 2. The Morgan fingerprint density at radius 3 is 1.37 bits per heavy atom. The second-order valence-electron chi connectivity index (χ2n) is 26.5. The molecule has 2 aliphatic heterocycles. The topological polar surface area (TPSA) is 327 Å². The van der Waals surface area contributed by atoms with E-state index in [0.29, 0.717) is 127 Å². The van der Waals surface area contributed by atoms with Crippen LogP contribution in [-0.2, 0) is 68.1 Å². The van der Waals surface area contributed by atoms with E-state index >= 15 is 4.39 Å². The maximum Gasteiger partial charge on any atom is 0.251 e. The number of hydrogen-bond acceptors (Lipinski definition) is 19. The molecule has 2 fully saturated rings. The first-order valence-electron chi connectivity index (χ1n) is 37.2. The van der Waals surface area contributed by atoms with E-state index in [1.165, 1.54) is 24.8 Å². The number of hydrogen-bond donors (Lipinski definition) is 8. The van der Waals surface area contributed by atoms with Crippen molar-refractivity contribution in [1.29, 1.82) is 0 Å². The van der Waals surface area contributed by atoms with Gasteiger partial charge in [-0.3, -0.25) is 24.0 Å². The number of nitrogens with two attached hydrogens (primary N) is 1. The highest BCUT2D eigenvalue weighted by molar-refractivity contribution is 6.01. The molecule has 570 valence electrons. The smallest absolute Gasteiger partial charge is 0.251 e. The highest BCUT2D eigenvalue weighted by Gasteiger charge is 2.26. The number of fused-ring (bicyclic) bond motifs is 2. The molecule has 111 heavy (non-hydrogen) atoms. The standard InChI is InChI=1S/C42H44FN9O3.C38H39FN6O4.C4H5N3/c1-3-37-34(39(50-32-14-17-55-18-15-32)35-25-49-52(4-2)40(35)51-37)24-47-42(54)31-10-6-9-30(21-31)41(53)46-23-28-11-12-36(43)33(20-28)29-8-5-7-27(19-29)22-45-38-13-16-44-26-48-38;1-3-34-31(35(43-29-13-15-49-16-14-29)32-22-42-45(4-2)36(32)44-34)21-41-38(48)28-10-6-9-27(19-28)37(47)40-20-24-11-12-33(39)30(18-24)26-8-5-7-25(17-26)23-46;5-4-1-2-6-3-7-4/h5-13,16,19-21,25-26,32H,3-4,14-15,17-18,22-24H2,1-2H3,(H,46,53)(H,47,54)(H,50,51)(H,44,45,48);5-12,17-19,22-23,29H,3-4,13-16,20-21H2,1-2H3,(H,40,47)(H,41,48)(H,43,44);1-3H,(H2,5,6,7). The predicted octanol–water partition coefficient (Wildman–Crippen LogP) is 12.8. The average Bonchev–Trinajstić information content (AvgIpc) is 1.67. The molecule has 0 unspecified atom stereocenters. The molecule has 0 spiro atoms. The van der Waals surface area contributed by atoms with Gasteiger partial charge in [-0.25, -0.2) is 48.0 Å². The summed E-state index contributed by atoms with van der Waals surface area (Å²) in [6.07, 6.45) is 15.4. The van der Waals surface area contributed by atoms with E-state index < -0.39 is 5.82 Å². The molecule has 0 saturated carbocycles. The number of anilines is 4. The van der Waals surface area contributed by atoms with Gasteiger partial charge in [0.1, 0.15) is 42.2 Å². The third kappa shape index (κ3) is 20.0. The molecular weight excluding hydrogens is 1410 g/mol. The number of aryl methyl sites for hydroxylation is 4. The Labute approximate surface area is 641 Å². The molecule has 2 aliphatic rings. The zero-order valence-corrected chi connectivity index (χ0v) is 62.2. The molecule has 6 aromatic heterocycles. The molecule has 27 heteroatoms.